The average molecular weight is 403 g/mol. The van der Waals surface area contributed by atoms with Crippen LogP contribution in [0, 0.1) is 5.82 Å². The molecule has 0 saturated heterocycles. The molecule has 27 heavy (non-hydrogen) atoms. The van der Waals surface area contributed by atoms with Gasteiger partial charge in [0.15, 0.2) is 5.65 Å². The number of benzene rings is 1. The highest BCUT2D eigenvalue weighted by Gasteiger charge is 2.48. The normalized spacial score (nSPS) is 14.0. The Morgan fingerprint density at radius 1 is 1.19 bits per heavy atom. The molecule has 0 saturated carbocycles. The third-order valence-corrected chi connectivity index (χ3v) is 5.81. The van der Waals surface area contributed by atoms with Gasteiger partial charge in [0.1, 0.15) is 11.9 Å². The summed E-state index contributed by atoms with van der Waals surface area (Å²) in [7, 11) is -4.55. The SMILES string of the molecule is CCN([C@H](c1ccc(F)cc1)C(F)(F)F)S(=O)(=O)c1ccn2nnnc2c1. The minimum Gasteiger partial charge on any atom is -0.207 e. The standard InChI is InChI=1S/C15H13F4N5O2S/c1-2-24(14(15(17,18)19)10-3-5-11(16)6-4-10)27(25,26)12-7-8-23-13(9-12)20-21-22-23/h3-9,14H,2H2,1H3/t14-/m1/s1. The summed E-state index contributed by atoms with van der Waals surface area (Å²) in [6.45, 7) is 0.830. The lowest BCUT2D eigenvalue weighted by Crippen LogP contribution is -2.42. The van der Waals surface area contributed by atoms with Gasteiger partial charge in [-0.2, -0.15) is 17.5 Å². The van der Waals surface area contributed by atoms with Crippen LogP contribution in [0.5, 0.6) is 0 Å². The van der Waals surface area contributed by atoms with E-state index in [0.29, 0.717) is 4.31 Å². The van der Waals surface area contributed by atoms with Crippen LogP contribution in [0.4, 0.5) is 17.6 Å². The Morgan fingerprint density at radius 3 is 2.44 bits per heavy atom. The number of tetrazole rings is 1. The van der Waals surface area contributed by atoms with Crippen molar-refractivity contribution in [1.29, 1.82) is 0 Å². The second-order valence-electron chi connectivity index (χ2n) is 5.55. The molecule has 2 heterocycles. The maximum absolute atomic E-state index is 13.8. The Bertz CT molecular complexity index is 1050. The highest BCUT2D eigenvalue weighted by atomic mass is 32.2. The van der Waals surface area contributed by atoms with E-state index in [1.54, 1.807) is 0 Å². The van der Waals surface area contributed by atoms with Crippen LogP contribution in [0.2, 0.25) is 0 Å². The van der Waals surface area contributed by atoms with Crippen molar-refractivity contribution in [2.45, 2.75) is 24.0 Å². The molecule has 0 aliphatic rings. The van der Waals surface area contributed by atoms with Gasteiger partial charge in [-0.3, -0.25) is 0 Å². The van der Waals surface area contributed by atoms with Gasteiger partial charge in [0.25, 0.3) is 0 Å². The molecule has 144 valence electrons. The van der Waals surface area contributed by atoms with Crippen LogP contribution >= 0.6 is 0 Å². The van der Waals surface area contributed by atoms with Gasteiger partial charge < -0.3 is 0 Å². The van der Waals surface area contributed by atoms with Gasteiger partial charge >= 0.3 is 6.18 Å². The Hall–Kier alpha value is -2.60. The summed E-state index contributed by atoms with van der Waals surface area (Å²) in [5.41, 5.74) is -0.322. The lowest BCUT2D eigenvalue weighted by molar-refractivity contribution is -0.173. The van der Waals surface area contributed by atoms with Crippen molar-refractivity contribution in [3.63, 3.8) is 0 Å². The van der Waals surface area contributed by atoms with Crippen molar-refractivity contribution in [1.82, 2.24) is 24.3 Å². The topological polar surface area (TPSA) is 80.5 Å². The Labute approximate surface area is 151 Å². The molecule has 0 aliphatic carbocycles. The van der Waals surface area contributed by atoms with E-state index in [1.807, 2.05) is 0 Å². The van der Waals surface area contributed by atoms with Gasteiger partial charge in [-0.1, -0.05) is 19.1 Å². The predicted octanol–water partition coefficient (Wildman–Crippen LogP) is 2.58. The van der Waals surface area contributed by atoms with Crippen molar-refractivity contribution in [2.75, 3.05) is 6.54 Å². The van der Waals surface area contributed by atoms with E-state index in [9.17, 15) is 26.0 Å². The number of pyridine rings is 1. The van der Waals surface area contributed by atoms with Gasteiger partial charge in [-0.15, -0.1) is 5.10 Å². The average Bonchev–Trinajstić information content (AvgIpc) is 3.07. The van der Waals surface area contributed by atoms with Gasteiger partial charge in [0.2, 0.25) is 10.0 Å². The van der Waals surface area contributed by atoms with Crippen molar-refractivity contribution < 1.29 is 26.0 Å². The molecule has 0 spiro atoms. The fourth-order valence-corrected chi connectivity index (χ4v) is 4.29. The Balaban J connectivity index is 2.11. The molecule has 3 rings (SSSR count). The van der Waals surface area contributed by atoms with Gasteiger partial charge in [-0.05, 0) is 34.2 Å². The summed E-state index contributed by atoms with van der Waals surface area (Å²) >= 11 is 0. The first-order valence-electron chi connectivity index (χ1n) is 7.66. The molecule has 2 aromatic heterocycles. The number of nitrogens with zero attached hydrogens (tertiary/aromatic N) is 5. The second-order valence-corrected chi connectivity index (χ2v) is 7.44. The Kier molecular flexibility index (Phi) is 4.86. The highest BCUT2D eigenvalue weighted by Crippen LogP contribution is 2.40. The quantitative estimate of drug-likeness (QED) is 0.612. The van der Waals surface area contributed by atoms with Gasteiger partial charge in [-0.25, -0.2) is 17.3 Å². The second kappa shape index (κ2) is 6.85. The van der Waals surface area contributed by atoms with Crippen LogP contribution in [-0.4, -0.2) is 45.5 Å². The van der Waals surface area contributed by atoms with Crippen molar-refractivity contribution in [2.24, 2.45) is 0 Å². The number of fused-ring (bicyclic) bond motifs is 1. The molecule has 0 amide bonds. The van der Waals surface area contributed by atoms with E-state index >= 15 is 0 Å². The molecule has 0 radical (unpaired) electrons. The number of alkyl halides is 3. The largest absolute Gasteiger partial charge is 0.409 e. The van der Waals surface area contributed by atoms with Gasteiger partial charge in [0.05, 0.1) is 4.90 Å². The van der Waals surface area contributed by atoms with E-state index in [0.717, 1.165) is 36.4 Å². The van der Waals surface area contributed by atoms with Crippen LogP contribution in [-0.2, 0) is 10.0 Å². The number of rotatable bonds is 5. The highest BCUT2D eigenvalue weighted by molar-refractivity contribution is 7.89. The molecular weight excluding hydrogens is 390 g/mol. The van der Waals surface area contributed by atoms with E-state index in [-0.39, 0.29) is 16.1 Å². The number of aromatic nitrogens is 4. The molecule has 1 aromatic carbocycles. The minimum atomic E-state index is -4.92. The molecule has 0 aliphatic heterocycles. The first kappa shape index (κ1) is 19.2. The number of hydrogen-bond acceptors (Lipinski definition) is 5. The fourth-order valence-electron chi connectivity index (χ4n) is 2.67. The van der Waals surface area contributed by atoms with Crippen LogP contribution in [0.15, 0.2) is 47.5 Å². The van der Waals surface area contributed by atoms with Gasteiger partial charge in [0, 0.05) is 18.8 Å². The van der Waals surface area contributed by atoms with Crippen LogP contribution < -0.4 is 0 Å². The van der Waals surface area contributed by atoms with E-state index < -0.39 is 34.6 Å². The van der Waals surface area contributed by atoms with Crippen LogP contribution in [0.3, 0.4) is 0 Å². The lowest BCUT2D eigenvalue weighted by atomic mass is 10.1. The summed E-state index contributed by atoms with van der Waals surface area (Å²) in [5.74, 6) is -0.727. The maximum Gasteiger partial charge on any atom is 0.409 e. The molecule has 7 nitrogen and oxygen atoms in total. The minimum absolute atomic E-state index is 0.0671. The summed E-state index contributed by atoms with van der Waals surface area (Å²) in [6, 6.07) is 3.25. The monoisotopic (exact) mass is 403 g/mol. The lowest BCUT2D eigenvalue weighted by Gasteiger charge is -2.31. The van der Waals surface area contributed by atoms with Crippen molar-refractivity contribution >= 4 is 15.7 Å². The predicted molar refractivity (Wildman–Crippen MR) is 85.5 cm³/mol. The summed E-state index contributed by atoms with van der Waals surface area (Å²) < 4.78 is 81.7. The summed E-state index contributed by atoms with van der Waals surface area (Å²) in [4.78, 5) is -0.386. The molecule has 0 unspecified atom stereocenters. The number of hydrogen-bond donors (Lipinski definition) is 0. The zero-order valence-electron chi connectivity index (χ0n) is 13.8. The third-order valence-electron chi connectivity index (χ3n) is 3.87. The first-order valence-corrected chi connectivity index (χ1v) is 9.10. The van der Waals surface area contributed by atoms with Crippen LogP contribution in [0.25, 0.3) is 5.65 Å². The van der Waals surface area contributed by atoms with E-state index in [1.165, 1.54) is 17.6 Å². The molecule has 0 fully saturated rings. The first-order chi connectivity index (χ1) is 12.6. The molecule has 3 aromatic rings. The number of sulfonamides is 1. The molecule has 1 atom stereocenters. The summed E-state index contributed by atoms with van der Waals surface area (Å²) in [5, 5.41) is 10.5. The molecule has 12 heteroatoms. The fraction of sp³-hybridized carbons (Fsp3) is 0.267. The molecule has 0 bridgehead atoms. The Morgan fingerprint density at radius 2 is 1.85 bits per heavy atom. The zero-order chi connectivity index (χ0) is 19.8. The van der Waals surface area contributed by atoms with E-state index in [2.05, 4.69) is 15.5 Å². The van der Waals surface area contributed by atoms with E-state index in [4.69, 9.17) is 0 Å². The summed E-state index contributed by atoms with van der Waals surface area (Å²) in [6.07, 6.45) is -3.68. The van der Waals surface area contributed by atoms with Crippen molar-refractivity contribution in [3.8, 4) is 0 Å². The maximum atomic E-state index is 13.8. The van der Waals surface area contributed by atoms with Crippen LogP contribution in [0.1, 0.15) is 18.5 Å². The van der Waals surface area contributed by atoms with Crippen molar-refractivity contribution in [3.05, 3.63) is 54.0 Å². The molecule has 0 N–H and O–H groups in total. The third kappa shape index (κ3) is 3.62. The smallest absolute Gasteiger partial charge is 0.207 e. The number of halogens is 4. The molecular formula is C15H13F4N5O2S. The zero-order valence-corrected chi connectivity index (χ0v) is 14.6.